The average molecular weight is 237 g/mol. The fourth-order valence-electron chi connectivity index (χ4n) is 2.97. The van der Waals surface area contributed by atoms with E-state index in [4.69, 9.17) is 0 Å². The van der Waals surface area contributed by atoms with Crippen molar-refractivity contribution in [2.24, 2.45) is 0 Å². The molecule has 0 bridgehead atoms. The minimum absolute atomic E-state index is 0.293. The van der Waals surface area contributed by atoms with Crippen LogP contribution < -0.4 is 5.32 Å². The van der Waals surface area contributed by atoms with Crippen molar-refractivity contribution >= 4 is 0 Å². The molecular formula is C14H27N3. The predicted octanol–water partition coefficient (Wildman–Crippen LogP) is 2.53. The molecule has 0 radical (unpaired) electrons. The molecule has 0 aromatic heterocycles. The van der Waals surface area contributed by atoms with Crippen molar-refractivity contribution in [1.29, 1.82) is 5.26 Å². The van der Waals surface area contributed by atoms with Crippen LogP contribution >= 0.6 is 0 Å². The molecule has 0 aliphatic heterocycles. The van der Waals surface area contributed by atoms with Gasteiger partial charge in [-0.1, -0.05) is 6.92 Å². The molecule has 2 atom stereocenters. The molecule has 1 rings (SSSR count). The number of nitrogens with zero attached hydrogens (tertiary/aromatic N) is 2. The summed E-state index contributed by atoms with van der Waals surface area (Å²) < 4.78 is 0. The van der Waals surface area contributed by atoms with Crippen LogP contribution in [0.1, 0.15) is 52.9 Å². The van der Waals surface area contributed by atoms with Gasteiger partial charge in [0.2, 0.25) is 0 Å². The van der Waals surface area contributed by atoms with Gasteiger partial charge in [0.15, 0.2) is 0 Å². The molecule has 0 aromatic rings. The van der Waals surface area contributed by atoms with Crippen molar-refractivity contribution in [3.63, 3.8) is 0 Å². The normalized spacial score (nSPS) is 29.6. The Labute approximate surface area is 106 Å². The minimum Gasteiger partial charge on any atom is -0.303 e. The lowest BCUT2D eigenvalue weighted by atomic mass is 9.79. The lowest BCUT2D eigenvalue weighted by molar-refractivity contribution is 0.140. The third-order valence-electron chi connectivity index (χ3n) is 3.70. The molecule has 98 valence electrons. The van der Waals surface area contributed by atoms with Crippen LogP contribution in [-0.2, 0) is 0 Å². The van der Waals surface area contributed by atoms with E-state index in [2.05, 4.69) is 44.1 Å². The predicted molar refractivity (Wildman–Crippen MR) is 71.8 cm³/mol. The van der Waals surface area contributed by atoms with E-state index in [1.54, 1.807) is 0 Å². The summed E-state index contributed by atoms with van der Waals surface area (Å²) in [6.45, 7) is 7.59. The molecule has 2 unspecified atom stereocenters. The second-order valence-corrected chi connectivity index (χ2v) is 5.72. The third-order valence-corrected chi connectivity index (χ3v) is 3.70. The zero-order chi connectivity index (χ0) is 12.9. The summed E-state index contributed by atoms with van der Waals surface area (Å²) in [7, 11) is 2.19. The number of rotatable bonds is 5. The highest BCUT2D eigenvalue weighted by Crippen LogP contribution is 2.31. The van der Waals surface area contributed by atoms with Gasteiger partial charge in [0.25, 0.3) is 0 Å². The Kier molecular flexibility index (Phi) is 5.42. The van der Waals surface area contributed by atoms with Crippen molar-refractivity contribution in [3.8, 4) is 6.07 Å². The molecule has 1 saturated carbocycles. The lowest BCUT2D eigenvalue weighted by Crippen LogP contribution is -2.54. The second kappa shape index (κ2) is 6.37. The van der Waals surface area contributed by atoms with Gasteiger partial charge in [-0.2, -0.15) is 5.26 Å². The van der Waals surface area contributed by atoms with Crippen LogP contribution in [0.5, 0.6) is 0 Å². The summed E-state index contributed by atoms with van der Waals surface area (Å²) >= 11 is 0. The van der Waals surface area contributed by atoms with Crippen molar-refractivity contribution in [2.75, 3.05) is 13.6 Å². The third kappa shape index (κ3) is 3.97. The molecule has 0 saturated heterocycles. The first-order valence-electron chi connectivity index (χ1n) is 6.92. The largest absolute Gasteiger partial charge is 0.303 e. The van der Waals surface area contributed by atoms with Crippen LogP contribution in [0.15, 0.2) is 0 Å². The number of nitrogens with one attached hydrogen (secondary N) is 1. The Bertz CT molecular complexity index is 269. The molecular weight excluding hydrogens is 210 g/mol. The van der Waals surface area contributed by atoms with E-state index in [1.165, 1.54) is 12.8 Å². The van der Waals surface area contributed by atoms with Gasteiger partial charge in [-0.3, -0.25) is 5.32 Å². The highest BCUT2D eigenvalue weighted by molar-refractivity contribution is 5.11. The topological polar surface area (TPSA) is 39.1 Å². The van der Waals surface area contributed by atoms with Gasteiger partial charge >= 0.3 is 0 Å². The Morgan fingerprint density at radius 1 is 1.53 bits per heavy atom. The van der Waals surface area contributed by atoms with Crippen LogP contribution in [-0.4, -0.2) is 36.1 Å². The summed E-state index contributed by atoms with van der Waals surface area (Å²) in [6, 6.07) is 3.48. The molecule has 0 aromatic carbocycles. The van der Waals surface area contributed by atoms with E-state index in [1.807, 2.05) is 0 Å². The van der Waals surface area contributed by atoms with Crippen molar-refractivity contribution in [2.45, 2.75) is 70.5 Å². The molecule has 3 nitrogen and oxygen atoms in total. The molecule has 0 amide bonds. The monoisotopic (exact) mass is 237 g/mol. The summed E-state index contributed by atoms with van der Waals surface area (Å²) in [5.74, 6) is 0. The summed E-state index contributed by atoms with van der Waals surface area (Å²) in [5, 5.41) is 13.0. The van der Waals surface area contributed by atoms with Crippen molar-refractivity contribution < 1.29 is 0 Å². The lowest BCUT2D eigenvalue weighted by Gasteiger charge is -2.41. The van der Waals surface area contributed by atoms with E-state index in [0.717, 1.165) is 25.8 Å². The number of hydrogen-bond acceptors (Lipinski definition) is 3. The highest BCUT2D eigenvalue weighted by atomic mass is 15.1. The van der Waals surface area contributed by atoms with Crippen LogP contribution in [0.25, 0.3) is 0 Å². The first-order chi connectivity index (χ1) is 8.03. The van der Waals surface area contributed by atoms with Gasteiger partial charge in [-0.05, 0) is 59.5 Å². The molecule has 0 spiro atoms. The van der Waals surface area contributed by atoms with Crippen molar-refractivity contribution in [1.82, 2.24) is 10.2 Å². The summed E-state index contributed by atoms with van der Waals surface area (Å²) in [4.78, 5) is 2.42. The summed E-state index contributed by atoms with van der Waals surface area (Å²) in [5.41, 5.74) is -0.293. The minimum atomic E-state index is -0.293. The molecule has 0 heterocycles. The maximum atomic E-state index is 9.49. The molecule has 3 heteroatoms. The van der Waals surface area contributed by atoms with E-state index in [9.17, 15) is 5.26 Å². The Hall–Kier alpha value is -0.590. The Morgan fingerprint density at radius 2 is 2.24 bits per heavy atom. The fourth-order valence-corrected chi connectivity index (χ4v) is 2.97. The molecule has 1 fully saturated rings. The van der Waals surface area contributed by atoms with Crippen LogP contribution in [0.3, 0.4) is 0 Å². The molecule has 1 aliphatic carbocycles. The van der Waals surface area contributed by atoms with Crippen LogP contribution in [0.2, 0.25) is 0 Å². The van der Waals surface area contributed by atoms with Crippen LogP contribution in [0, 0.1) is 11.3 Å². The zero-order valence-electron chi connectivity index (χ0n) is 11.8. The molecule has 1 aliphatic rings. The summed E-state index contributed by atoms with van der Waals surface area (Å²) in [6.07, 6.45) is 5.55. The quantitative estimate of drug-likeness (QED) is 0.798. The maximum Gasteiger partial charge on any atom is 0.108 e. The average Bonchev–Trinajstić information content (AvgIpc) is 2.29. The van der Waals surface area contributed by atoms with E-state index < -0.39 is 0 Å². The molecule has 17 heavy (non-hydrogen) atoms. The van der Waals surface area contributed by atoms with E-state index in [-0.39, 0.29) is 5.54 Å². The first-order valence-corrected chi connectivity index (χ1v) is 6.92. The van der Waals surface area contributed by atoms with Gasteiger partial charge in [0.1, 0.15) is 5.54 Å². The number of nitriles is 1. The van der Waals surface area contributed by atoms with Crippen LogP contribution in [0.4, 0.5) is 0 Å². The first kappa shape index (κ1) is 14.5. The zero-order valence-corrected chi connectivity index (χ0v) is 11.8. The van der Waals surface area contributed by atoms with Crippen molar-refractivity contribution in [3.05, 3.63) is 0 Å². The standard InChI is InChI=1S/C14H27N3/c1-5-9-17(4)13-7-6-8-14(10-13,11-15)16-12(2)3/h12-13,16H,5-10H2,1-4H3. The molecule has 1 N–H and O–H groups in total. The Balaban J connectivity index is 2.66. The SMILES string of the molecule is CCCN(C)C1CCCC(C#N)(NC(C)C)C1. The van der Waals surface area contributed by atoms with Gasteiger partial charge in [-0.15, -0.1) is 0 Å². The smallest absolute Gasteiger partial charge is 0.108 e. The second-order valence-electron chi connectivity index (χ2n) is 5.72. The fraction of sp³-hybridized carbons (Fsp3) is 0.929. The van der Waals surface area contributed by atoms with Gasteiger partial charge in [-0.25, -0.2) is 0 Å². The maximum absolute atomic E-state index is 9.49. The van der Waals surface area contributed by atoms with E-state index >= 15 is 0 Å². The Morgan fingerprint density at radius 3 is 2.76 bits per heavy atom. The number of hydrogen-bond donors (Lipinski definition) is 1. The highest BCUT2D eigenvalue weighted by Gasteiger charge is 2.37. The van der Waals surface area contributed by atoms with Gasteiger partial charge in [0.05, 0.1) is 6.07 Å². The van der Waals surface area contributed by atoms with Gasteiger partial charge < -0.3 is 4.90 Å². The van der Waals surface area contributed by atoms with Gasteiger partial charge in [0, 0.05) is 12.1 Å². The van der Waals surface area contributed by atoms with E-state index in [0.29, 0.717) is 12.1 Å².